The van der Waals surface area contributed by atoms with Gasteiger partial charge in [-0.15, -0.1) is 0 Å². The first-order valence-corrected chi connectivity index (χ1v) is 6.97. The SMILES string of the molecule is Cc1ccc(CC2CCCCC2CN)c(C)c1. The number of benzene rings is 1. The molecule has 2 N–H and O–H groups in total. The van der Waals surface area contributed by atoms with Crippen molar-refractivity contribution in [1.29, 1.82) is 0 Å². The molecule has 1 nitrogen and oxygen atoms in total. The van der Waals surface area contributed by atoms with Crippen LogP contribution in [-0.4, -0.2) is 6.54 Å². The third-order valence-electron chi connectivity index (χ3n) is 4.35. The van der Waals surface area contributed by atoms with Crippen molar-refractivity contribution < 1.29 is 0 Å². The van der Waals surface area contributed by atoms with Gasteiger partial charge in [-0.1, -0.05) is 36.6 Å². The van der Waals surface area contributed by atoms with Crippen LogP contribution in [0.1, 0.15) is 42.4 Å². The van der Waals surface area contributed by atoms with E-state index in [1.54, 1.807) is 0 Å². The van der Waals surface area contributed by atoms with E-state index in [0.717, 1.165) is 18.4 Å². The summed E-state index contributed by atoms with van der Waals surface area (Å²) in [4.78, 5) is 0. The molecule has 2 atom stereocenters. The molecule has 0 radical (unpaired) electrons. The predicted molar refractivity (Wildman–Crippen MR) is 74.1 cm³/mol. The first kappa shape index (κ1) is 12.6. The summed E-state index contributed by atoms with van der Waals surface area (Å²) >= 11 is 0. The van der Waals surface area contributed by atoms with E-state index in [9.17, 15) is 0 Å². The maximum absolute atomic E-state index is 5.91. The summed E-state index contributed by atoms with van der Waals surface area (Å²) in [5.74, 6) is 1.57. The van der Waals surface area contributed by atoms with Gasteiger partial charge in [0.2, 0.25) is 0 Å². The minimum Gasteiger partial charge on any atom is -0.330 e. The quantitative estimate of drug-likeness (QED) is 0.845. The lowest BCUT2D eigenvalue weighted by atomic mass is 9.76. The van der Waals surface area contributed by atoms with Crippen molar-refractivity contribution >= 4 is 0 Å². The molecule has 2 unspecified atom stereocenters. The highest BCUT2D eigenvalue weighted by Crippen LogP contribution is 2.32. The second-order valence-corrected chi connectivity index (χ2v) is 5.67. The summed E-state index contributed by atoms with van der Waals surface area (Å²) in [6.07, 6.45) is 6.71. The van der Waals surface area contributed by atoms with Crippen molar-refractivity contribution in [3.63, 3.8) is 0 Å². The second kappa shape index (κ2) is 5.68. The number of aryl methyl sites for hydroxylation is 2. The third kappa shape index (κ3) is 3.10. The lowest BCUT2D eigenvalue weighted by molar-refractivity contribution is 0.242. The molecule has 0 bridgehead atoms. The maximum atomic E-state index is 5.91. The zero-order valence-electron chi connectivity index (χ0n) is 11.2. The van der Waals surface area contributed by atoms with Crippen molar-refractivity contribution in [2.24, 2.45) is 17.6 Å². The molecule has 0 saturated heterocycles. The molecule has 1 heteroatoms. The largest absolute Gasteiger partial charge is 0.330 e. The van der Waals surface area contributed by atoms with Gasteiger partial charge in [0.25, 0.3) is 0 Å². The van der Waals surface area contributed by atoms with E-state index in [-0.39, 0.29) is 0 Å². The average molecular weight is 231 g/mol. The van der Waals surface area contributed by atoms with Crippen LogP contribution in [0.4, 0.5) is 0 Å². The number of hydrogen-bond acceptors (Lipinski definition) is 1. The summed E-state index contributed by atoms with van der Waals surface area (Å²) in [6.45, 7) is 5.28. The highest BCUT2D eigenvalue weighted by Gasteiger charge is 2.24. The van der Waals surface area contributed by atoms with Crippen LogP contribution >= 0.6 is 0 Å². The van der Waals surface area contributed by atoms with Gasteiger partial charge in [-0.25, -0.2) is 0 Å². The van der Waals surface area contributed by atoms with E-state index in [4.69, 9.17) is 5.73 Å². The van der Waals surface area contributed by atoms with Gasteiger partial charge in [-0.05, 0) is 62.6 Å². The Hall–Kier alpha value is -0.820. The molecule has 17 heavy (non-hydrogen) atoms. The number of rotatable bonds is 3. The van der Waals surface area contributed by atoms with Gasteiger partial charge in [-0.2, -0.15) is 0 Å². The Kier molecular flexibility index (Phi) is 4.22. The molecule has 1 fully saturated rings. The lowest BCUT2D eigenvalue weighted by Gasteiger charge is -2.31. The molecular formula is C16H25N. The molecule has 1 aromatic carbocycles. The zero-order valence-corrected chi connectivity index (χ0v) is 11.2. The van der Waals surface area contributed by atoms with Gasteiger partial charge in [0.05, 0.1) is 0 Å². The van der Waals surface area contributed by atoms with Gasteiger partial charge in [0.15, 0.2) is 0 Å². The van der Waals surface area contributed by atoms with E-state index in [2.05, 4.69) is 32.0 Å². The van der Waals surface area contributed by atoms with Gasteiger partial charge in [0, 0.05) is 0 Å². The van der Waals surface area contributed by atoms with Crippen LogP contribution in [-0.2, 0) is 6.42 Å². The van der Waals surface area contributed by atoms with Gasteiger partial charge >= 0.3 is 0 Å². The van der Waals surface area contributed by atoms with Crippen LogP contribution in [0.5, 0.6) is 0 Å². The maximum Gasteiger partial charge on any atom is -0.00461 e. The van der Waals surface area contributed by atoms with Gasteiger partial charge in [-0.3, -0.25) is 0 Å². The third-order valence-corrected chi connectivity index (χ3v) is 4.35. The Balaban J connectivity index is 2.08. The highest BCUT2D eigenvalue weighted by molar-refractivity contribution is 5.30. The standard InChI is InChI=1S/C16H25N/c1-12-7-8-14(13(2)9-12)10-15-5-3-4-6-16(15)11-17/h7-9,15-16H,3-6,10-11,17H2,1-2H3. The Morgan fingerprint density at radius 2 is 1.82 bits per heavy atom. The van der Waals surface area contributed by atoms with Crippen LogP contribution in [0.15, 0.2) is 18.2 Å². The van der Waals surface area contributed by atoms with Crippen molar-refractivity contribution in [2.75, 3.05) is 6.54 Å². The lowest BCUT2D eigenvalue weighted by Crippen LogP contribution is -2.28. The number of hydrogen-bond donors (Lipinski definition) is 1. The predicted octanol–water partition coefficient (Wildman–Crippen LogP) is 3.61. The minimum absolute atomic E-state index is 0.754. The Morgan fingerprint density at radius 1 is 1.12 bits per heavy atom. The molecule has 1 aromatic rings. The Morgan fingerprint density at radius 3 is 2.47 bits per heavy atom. The molecule has 0 spiro atoms. The molecule has 0 aromatic heterocycles. The first-order chi connectivity index (χ1) is 8.20. The van der Waals surface area contributed by atoms with Gasteiger partial charge < -0.3 is 5.73 Å². The smallest absolute Gasteiger partial charge is 0.00461 e. The molecule has 94 valence electrons. The van der Waals surface area contributed by atoms with E-state index in [1.165, 1.54) is 48.8 Å². The molecule has 1 saturated carbocycles. The topological polar surface area (TPSA) is 26.0 Å². The molecule has 1 aliphatic carbocycles. The molecule has 2 rings (SSSR count). The van der Waals surface area contributed by atoms with Crippen LogP contribution in [0.3, 0.4) is 0 Å². The van der Waals surface area contributed by atoms with Crippen LogP contribution in [0.25, 0.3) is 0 Å². The van der Waals surface area contributed by atoms with Crippen LogP contribution in [0.2, 0.25) is 0 Å². The molecule has 1 aliphatic rings. The van der Waals surface area contributed by atoms with Crippen molar-refractivity contribution in [3.05, 3.63) is 34.9 Å². The highest BCUT2D eigenvalue weighted by atomic mass is 14.6. The fourth-order valence-electron chi connectivity index (χ4n) is 3.22. The monoisotopic (exact) mass is 231 g/mol. The summed E-state index contributed by atoms with van der Waals surface area (Å²) in [5, 5.41) is 0. The number of nitrogens with two attached hydrogens (primary N) is 1. The van der Waals surface area contributed by atoms with E-state index >= 15 is 0 Å². The normalized spacial score (nSPS) is 24.9. The minimum atomic E-state index is 0.754. The van der Waals surface area contributed by atoms with Gasteiger partial charge in [0.1, 0.15) is 0 Å². The zero-order chi connectivity index (χ0) is 12.3. The van der Waals surface area contributed by atoms with Crippen molar-refractivity contribution in [1.82, 2.24) is 0 Å². The molecule has 0 aliphatic heterocycles. The summed E-state index contributed by atoms with van der Waals surface area (Å²) in [5.41, 5.74) is 10.3. The fraction of sp³-hybridized carbons (Fsp3) is 0.625. The molecule has 0 heterocycles. The Bertz CT molecular complexity index is 370. The average Bonchev–Trinajstić information content (AvgIpc) is 2.33. The fourth-order valence-corrected chi connectivity index (χ4v) is 3.22. The Labute approximate surface area is 105 Å². The first-order valence-electron chi connectivity index (χ1n) is 6.97. The molecule has 0 amide bonds. The summed E-state index contributed by atoms with van der Waals surface area (Å²) in [7, 11) is 0. The van der Waals surface area contributed by atoms with Crippen LogP contribution < -0.4 is 5.73 Å². The molecular weight excluding hydrogens is 206 g/mol. The summed E-state index contributed by atoms with van der Waals surface area (Å²) in [6, 6.07) is 6.85. The van der Waals surface area contributed by atoms with Crippen molar-refractivity contribution in [2.45, 2.75) is 46.0 Å². The van der Waals surface area contributed by atoms with E-state index in [0.29, 0.717) is 0 Å². The second-order valence-electron chi connectivity index (χ2n) is 5.67. The van der Waals surface area contributed by atoms with E-state index in [1.807, 2.05) is 0 Å². The van der Waals surface area contributed by atoms with E-state index < -0.39 is 0 Å². The van der Waals surface area contributed by atoms with Crippen molar-refractivity contribution in [3.8, 4) is 0 Å². The van der Waals surface area contributed by atoms with Crippen LogP contribution in [0, 0.1) is 25.7 Å². The summed E-state index contributed by atoms with van der Waals surface area (Å²) < 4.78 is 0.